The van der Waals surface area contributed by atoms with Gasteiger partial charge in [-0.1, -0.05) is 16.8 Å². The van der Waals surface area contributed by atoms with Crippen molar-refractivity contribution in [3.63, 3.8) is 0 Å². The molecule has 1 aromatic heterocycles. The van der Waals surface area contributed by atoms with Crippen LogP contribution in [-0.4, -0.2) is 24.5 Å². The fourth-order valence-electron chi connectivity index (χ4n) is 1.64. The van der Waals surface area contributed by atoms with Gasteiger partial charge in [0.15, 0.2) is 11.5 Å². The molecule has 0 radical (unpaired) electrons. The van der Waals surface area contributed by atoms with Crippen molar-refractivity contribution in [3.8, 4) is 28.4 Å². The van der Waals surface area contributed by atoms with Crippen LogP contribution in [0, 0.1) is 0 Å². The molecule has 96 valence electrons. The first kappa shape index (κ1) is 12.4. The maximum Gasteiger partial charge on any atom is 0.230 e. The number of nitrogens with zero attached hydrogens (tertiary/aromatic N) is 1. The third-order valence-electron chi connectivity index (χ3n) is 2.45. The Morgan fingerprint density at radius 3 is 2.61 bits per heavy atom. The molecule has 1 heterocycles. The van der Waals surface area contributed by atoms with E-state index in [1.807, 2.05) is 0 Å². The summed E-state index contributed by atoms with van der Waals surface area (Å²) in [5, 5.41) is 13.4. The van der Waals surface area contributed by atoms with Gasteiger partial charge in [0, 0.05) is 6.07 Å². The molecule has 0 aliphatic rings. The molecule has 3 N–H and O–H groups in total. The Bertz CT molecular complexity index is 583. The zero-order chi connectivity index (χ0) is 13.3. The van der Waals surface area contributed by atoms with E-state index in [9.17, 15) is 5.11 Å². The van der Waals surface area contributed by atoms with Crippen LogP contribution in [0.2, 0.25) is 5.02 Å². The maximum atomic E-state index is 9.76. The van der Waals surface area contributed by atoms with Gasteiger partial charge in [-0.2, -0.15) is 0 Å². The summed E-state index contributed by atoms with van der Waals surface area (Å²) in [6.45, 7) is 0. The normalized spacial score (nSPS) is 10.4. The highest BCUT2D eigenvalue weighted by Gasteiger charge is 2.23. The molecule has 0 amide bonds. The second-order valence-corrected chi connectivity index (χ2v) is 3.80. The minimum Gasteiger partial charge on any atom is -0.506 e. The molecule has 1 aromatic carbocycles. The predicted octanol–water partition coefficient (Wildman–Crippen LogP) is 2.30. The largest absolute Gasteiger partial charge is 0.506 e. The van der Waals surface area contributed by atoms with Crippen molar-refractivity contribution in [1.82, 2.24) is 5.16 Å². The van der Waals surface area contributed by atoms with E-state index in [-0.39, 0.29) is 16.7 Å². The van der Waals surface area contributed by atoms with Crippen LogP contribution in [0.15, 0.2) is 16.8 Å². The van der Waals surface area contributed by atoms with Crippen LogP contribution in [0.4, 0.5) is 5.88 Å². The summed E-state index contributed by atoms with van der Waals surface area (Å²) in [7, 11) is 2.91. The molecule has 0 atom stereocenters. The first-order chi connectivity index (χ1) is 8.60. The summed E-state index contributed by atoms with van der Waals surface area (Å²) in [5.74, 6) is 0.595. The highest BCUT2D eigenvalue weighted by atomic mass is 35.5. The molecule has 7 heteroatoms. The number of aromatic nitrogens is 1. The number of phenolic OH excluding ortho intramolecular Hbond substituents is 1. The van der Waals surface area contributed by atoms with Crippen molar-refractivity contribution < 1.29 is 19.1 Å². The van der Waals surface area contributed by atoms with Gasteiger partial charge in [-0.25, -0.2) is 0 Å². The lowest BCUT2D eigenvalue weighted by Crippen LogP contribution is -1.95. The summed E-state index contributed by atoms with van der Waals surface area (Å²) in [4.78, 5) is 0. The molecular weight excluding hydrogens is 260 g/mol. The lowest BCUT2D eigenvalue weighted by molar-refractivity contribution is 0.353. The van der Waals surface area contributed by atoms with E-state index in [1.54, 1.807) is 0 Å². The average molecular weight is 271 g/mol. The highest BCUT2D eigenvalue weighted by molar-refractivity contribution is 6.35. The van der Waals surface area contributed by atoms with Crippen molar-refractivity contribution in [2.45, 2.75) is 0 Å². The van der Waals surface area contributed by atoms with Crippen LogP contribution in [-0.2, 0) is 0 Å². The molecule has 0 aliphatic carbocycles. The van der Waals surface area contributed by atoms with E-state index in [2.05, 4.69) is 5.16 Å². The van der Waals surface area contributed by atoms with Crippen LogP contribution in [0.25, 0.3) is 11.1 Å². The molecule has 0 spiro atoms. The molecule has 0 unspecified atom stereocenters. The van der Waals surface area contributed by atoms with Gasteiger partial charge in [-0.05, 0) is 0 Å². The predicted molar refractivity (Wildman–Crippen MR) is 66.1 cm³/mol. The number of rotatable bonds is 3. The number of anilines is 1. The van der Waals surface area contributed by atoms with Gasteiger partial charge in [0.25, 0.3) is 0 Å². The minimum absolute atomic E-state index is 0.0721. The highest BCUT2D eigenvalue weighted by Crippen LogP contribution is 2.48. The standard InChI is InChI=1S/C11H11ClN2O4/c1-16-7-3-6(15)9(12)8(10(7)17-2)5-4-14-18-11(5)13/h3-4,15H,13H2,1-2H3. The topological polar surface area (TPSA) is 90.7 Å². The van der Waals surface area contributed by atoms with E-state index in [1.165, 1.54) is 26.5 Å². The van der Waals surface area contributed by atoms with Crippen LogP contribution < -0.4 is 15.2 Å². The van der Waals surface area contributed by atoms with Crippen LogP contribution in [0.1, 0.15) is 0 Å². The number of hydrogen-bond acceptors (Lipinski definition) is 6. The van der Waals surface area contributed by atoms with Gasteiger partial charge in [0.05, 0.1) is 36.6 Å². The Morgan fingerprint density at radius 1 is 1.39 bits per heavy atom. The Morgan fingerprint density at radius 2 is 2.11 bits per heavy atom. The molecule has 0 saturated heterocycles. The first-order valence-corrected chi connectivity index (χ1v) is 5.31. The summed E-state index contributed by atoms with van der Waals surface area (Å²) < 4.78 is 15.1. The number of aromatic hydroxyl groups is 1. The van der Waals surface area contributed by atoms with E-state index >= 15 is 0 Å². The molecule has 2 rings (SSSR count). The van der Waals surface area contributed by atoms with Crippen molar-refractivity contribution in [3.05, 3.63) is 17.3 Å². The molecule has 18 heavy (non-hydrogen) atoms. The van der Waals surface area contributed by atoms with E-state index in [0.29, 0.717) is 22.6 Å². The number of halogens is 1. The van der Waals surface area contributed by atoms with Gasteiger partial charge in [-0.15, -0.1) is 0 Å². The number of benzene rings is 1. The van der Waals surface area contributed by atoms with Gasteiger partial charge >= 0.3 is 0 Å². The second kappa shape index (κ2) is 4.66. The third kappa shape index (κ3) is 1.80. The van der Waals surface area contributed by atoms with Crippen LogP contribution >= 0.6 is 11.6 Å². The van der Waals surface area contributed by atoms with Crippen molar-refractivity contribution >= 4 is 17.5 Å². The van der Waals surface area contributed by atoms with E-state index in [4.69, 9.17) is 31.3 Å². The summed E-state index contributed by atoms with van der Waals surface area (Å²) in [6, 6.07) is 1.36. The maximum absolute atomic E-state index is 9.76. The van der Waals surface area contributed by atoms with Gasteiger partial charge in [0.1, 0.15) is 5.75 Å². The molecule has 0 saturated carbocycles. The van der Waals surface area contributed by atoms with Crippen molar-refractivity contribution in [2.24, 2.45) is 0 Å². The van der Waals surface area contributed by atoms with Crippen molar-refractivity contribution in [1.29, 1.82) is 0 Å². The van der Waals surface area contributed by atoms with E-state index < -0.39 is 0 Å². The Kier molecular flexibility index (Phi) is 3.20. The third-order valence-corrected chi connectivity index (χ3v) is 2.84. The summed E-state index contributed by atoms with van der Waals surface area (Å²) in [5.41, 5.74) is 6.43. The molecule has 0 bridgehead atoms. The fraction of sp³-hybridized carbons (Fsp3) is 0.182. The number of hydrogen-bond donors (Lipinski definition) is 2. The quantitative estimate of drug-likeness (QED) is 0.889. The van der Waals surface area contributed by atoms with Crippen molar-refractivity contribution in [2.75, 3.05) is 20.0 Å². The SMILES string of the molecule is COc1cc(O)c(Cl)c(-c2cnoc2N)c1OC. The van der Waals surface area contributed by atoms with Gasteiger partial charge in [0.2, 0.25) is 5.88 Å². The van der Waals surface area contributed by atoms with Gasteiger partial charge < -0.3 is 24.8 Å². The average Bonchev–Trinajstić information content (AvgIpc) is 2.78. The van der Waals surface area contributed by atoms with Gasteiger partial charge in [-0.3, -0.25) is 0 Å². The lowest BCUT2D eigenvalue weighted by Gasteiger charge is -2.14. The number of phenols is 1. The number of methoxy groups -OCH3 is 2. The number of ether oxygens (including phenoxy) is 2. The second-order valence-electron chi connectivity index (χ2n) is 3.42. The monoisotopic (exact) mass is 270 g/mol. The number of nitrogen functional groups attached to an aromatic ring is 1. The molecule has 2 aromatic rings. The lowest BCUT2D eigenvalue weighted by atomic mass is 10.1. The Hall–Kier alpha value is -2.08. The Balaban J connectivity index is 2.79. The Labute approximate surface area is 108 Å². The summed E-state index contributed by atoms with van der Waals surface area (Å²) >= 11 is 6.06. The zero-order valence-electron chi connectivity index (χ0n) is 9.73. The number of nitrogens with two attached hydrogens (primary N) is 1. The van der Waals surface area contributed by atoms with E-state index in [0.717, 1.165) is 0 Å². The first-order valence-electron chi connectivity index (χ1n) is 4.94. The van der Waals surface area contributed by atoms with Crippen LogP contribution in [0.3, 0.4) is 0 Å². The fourth-order valence-corrected chi connectivity index (χ4v) is 1.88. The zero-order valence-corrected chi connectivity index (χ0v) is 10.5. The molecular formula is C11H11ClN2O4. The molecule has 0 fully saturated rings. The van der Waals surface area contributed by atoms with Crippen LogP contribution in [0.5, 0.6) is 17.2 Å². The molecule has 0 aliphatic heterocycles. The molecule has 6 nitrogen and oxygen atoms in total. The minimum atomic E-state index is -0.148. The summed E-state index contributed by atoms with van der Waals surface area (Å²) in [6.07, 6.45) is 1.39. The smallest absolute Gasteiger partial charge is 0.230 e.